The topological polar surface area (TPSA) is 119 Å². The lowest BCUT2D eigenvalue weighted by molar-refractivity contribution is 0.0600. The quantitative estimate of drug-likeness (QED) is 0.232. The fraction of sp³-hybridized carbons (Fsp3) is 0.160. The van der Waals surface area contributed by atoms with Crippen molar-refractivity contribution in [3.63, 3.8) is 0 Å². The number of fused-ring (bicyclic) bond motifs is 1. The summed E-state index contributed by atoms with van der Waals surface area (Å²) in [7, 11) is 1.28. The van der Waals surface area contributed by atoms with E-state index in [-0.39, 0.29) is 15.5 Å². The maximum atomic E-state index is 13.3. The number of amides is 2. The van der Waals surface area contributed by atoms with Crippen LogP contribution >= 0.6 is 33.9 Å². The number of carbonyl (C=O) groups excluding carboxylic acids is 3. The molecule has 0 aliphatic heterocycles. The summed E-state index contributed by atoms with van der Waals surface area (Å²) in [6.45, 7) is 1.97. The van der Waals surface area contributed by atoms with Gasteiger partial charge in [0, 0.05) is 26.7 Å². The molecule has 0 aliphatic carbocycles. The van der Waals surface area contributed by atoms with Crippen LogP contribution in [0.15, 0.2) is 59.4 Å². The molecule has 0 saturated heterocycles. The van der Waals surface area contributed by atoms with E-state index in [2.05, 4.69) is 42.9 Å². The van der Waals surface area contributed by atoms with E-state index in [4.69, 9.17) is 0 Å². The molecule has 0 fully saturated rings. The number of carbonyl (C=O) groups is 3. The second-order valence-corrected chi connectivity index (χ2v) is 9.94. The normalized spacial score (nSPS) is 10.8. The van der Waals surface area contributed by atoms with Gasteiger partial charge in [0.1, 0.15) is 10.6 Å². The lowest BCUT2D eigenvalue weighted by Crippen LogP contribution is -2.25. The van der Waals surface area contributed by atoms with Crippen LogP contribution in [-0.4, -0.2) is 34.3 Å². The van der Waals surface area contributed by atoms with Crippen molar-refractivity contribution in [1.82, 2.24) is 9.38 Å². The third kappa shape index (κ3) is 5.46. The standard InChI is InChI=1S/C25H21IN4O5S/c1-3-4-18-13-19(31)30-20(22(32)27-17-11-7-15(26)8-12-17)21(36-25(30)29-18)23(33)28-16-9-5-14(6-10-16)24(34)35-2/h5-13H,3-4H2,1-2H3,(H,27,32)(H,28,33). The molecule has 2 aromatic heterocycles. The van der Waals surface area contributed by atoms with Crippen molar-refractivity contribution in [3.8, 4) is 0 Å². The van der Waals surface area contributed by atoms with E-state index in [1.165, 1.54) is 29.7 Å². The van der Waals surface area contributed by atoms with Gasteiger partial charge in [-0.05, 0) is 77.5 Å². The number of thiazole rings is 1. The van der Waals surface area contributed by atoms with Gasteiger partial charge in [-0.15, -0.1) is 0 Å². The minimum absolute atomic E-state index is 0.0355. The van der Waals surface area contributed by atoms with Gasteiger partial charge in [-0.3, -0.25) is 14.4 Å². The van der Waals surface area contributed by atoms with Crippen LogP contribution in [0.1, 0.15) is 49.6 Å². The highest BCUT2D eigenvalue weighted by Crippen LogP contribution is 2.24. The van der Waals surface area contributed by atoms with Crippen molar-refractivity contribution >= 4 is 68.0 Å². The first-order chi connectivity index (χ1) is 17.3. The number of rotatable bonds is 7. The number of nitrogens with zero attached hydrogens (tertiary/aromatic N) is 2. The zero-order valence-electron chi connectivity index (χ0n) is 19.3. The molecule has 2 amide bonds. The van der Waals surface area contributed by atoms with Crippen LogP contribution in [-0.2, 0) is 11.2 Å². The minimum Gasteiger partial charge on any atom is -0.465 e. The van der Waals surface area contributed by atoms with Gasteiger partial charge in [-0.2, -0.15) is 0 Å². The highest BCUT2D eigenvalue weighted by Gasteiger charge is 2.26. The lowest BCUT2D eigenvalue weighted by atomic mass is 10.2. The molecule has 2 heterocycles. The summed E-state index contributed by atoms with van der Waals surface area (Å²) in [6, 6.07) is 14.6. The van der Waals surface area contributed by atoms with Crippen LogP contribution in [0, 0.1) is 3.57 Å². The van der Waals surface area contributed by atoms with Gasteiger partial charge in [-0.25, -0.2) is 14.2 Å². The molecular weight excluding hydrogens is 595 g/mol. The van der Waals surface area contributed by atoms with E-state index in [0.717, 1.165) is 21.3 Å². The first kappa shape index (κ1) is 25.5. The molecule has 36 heavy (non-hydrogen) atoms. The molecule has 0 spiro atoms. The van der Waals surface area contributed by atoms with Crippen LogP contribution in [0.3, 0.4) is 0 Å². The predicted molar refractivity (Wildman–Crippen MR) is 146 cm³/mol. The van der Waals surface area contributed by atoms with E-state index in [1.807, 2.05) is 19.1 Å². The Morgan fingerprint density at radius 1 is 1.00 bits per heavy atom. The number of nitrogens with one attached hydrogen (secondary N) is 2. The van der Waals surface area contributed by atoms with Crippen molar-refractivity contribution in [3.05, 3.63) is 90.3 Å². The van der Waals surface area contributed by atoms with Crippen molar-refractivity contribution in [1.29, 1.82) is 0 Å². The smallest absolute Gasteiger partial charge is 0.337 e. The largest absolute Gasteiger partial charge is 0.465 e. The molecule has 2 aromatic carbocycles. The molecule has 184 valence electrons. The fourth-order valence-electron chi connectivity index (χ4n) is 3.48. The number of anilines is 2. The lowest BCUT2D eigenvalue weighted by Gasteiger charge is -2.09. The number of benzene rings is 2. The average molecular weight is 616 g/mol. The third-order valence-electron chi connectivity index (χ3n) is 5.17. The zero-order chi connectivity index (χ0) is 25.8. The van der Waals surface area contributed by atoms with Crippen LogP contribution in [0.25, 0.3) is 4.96 Å². The molecule has 9 nitrogen and oxygen atoms in total. The van der Waals surface area contributed by atoms with Crippen molar-refractivity contribution in [2.75, 3.05) is 17.7 Å². The monoisotopic (exact) mass is 616 g/mol. The average Bonchev–Trinajstić information content (AvgIpc) is 3.26. The van der Waals surface area contributed by atoms with Gasteiger partial charge in [0.25, 0.3) is 17.4 Å². The molecule has 4 rings (SSSR count). The highest BCUT2D eigenvalue weighted by molar-refractivity contribution is 14.1. The third-order valence-corrected chi connectivity index (χ3v) is 6.92. The molecule has 2 N–H and O–H groups in total. The number of aryl methyl sites for hydroxylation is 1. The highest BCUT2D eigenvalue weighted by atomic mass is 127. The molecular formula is C25H21IN4O5S. The van der Waals surface area contributed by atoms with Crippen LogP contribution < -0.4 is 16.2 Å². The van der Waals surface area contributed by atoms with Crippen molar-refractivity contribution in [2.24, 2.45) is 0 Å². The summed E-state index contributed by atoms with van der Waals surface area (Å²) in [5, 5.41) is 5.49. The maximum Gasteiger partial charge on any atom is 0.337 e. The summed E-state index contributed by atoms with van der Waals surface area (Å²) in [4.78, 5) is 56.1. The molecule has 0 radical (unpaired) electrons. The van der Waals surface area contributed by atoms with Gasteiger partial charge >= 0.3 is 5.97 Å². The molecule has 4 aromatic rings. The van der Waals surface area contributed by atoms with Gasteiger partial charge in [0.15, 0.2) is 4.96 Å². The second kappa shape index (κ2) is 11.0. The Morgan fingerprint density at radius 2 is 1.61 bits per heavy atom. The van der Waals surface area contributed by atoms with Gasteiger partial charge in [-0.1, -0.05) is 24.7 Å². The van der Waals surface area contributed by atoms with Gasteiger partial charge in [0.2, 0.25) is 0 Å². The van der Waals surface area contributed by atoms with E-state index < -0.39 is 23.3 Å². The molecule has 0 bridgehead atoms. The first-order valence-electron chi connectivity index (χ1n) is 10.9. The Kier molecular flexibility index (Phi) is 7.79. The predicted octanol–water partition coefficient (Wildman–Crippen LogP) is 4.60. The number of hydrogen-bond donors (Lipinski definition) is 2. The number of halogens is 1. The molecule has 0 aliphatic rings. The van der Waals surface area contributed by atoms with E-state index in [0.29, 0.717) is 29.1 Å². The van der Waals surface area contributed by atoms with E-state index in [1.54, 1.807) is 24.3 Å². The Balaban J connectivity index is 1.74. The summed E-state index contributed by atoms with van der Waals surface area (Å²) >= 11 is 3.12. The van der Waals surface area contributed by atoms with E-state index >= 15 is 0 Å². The molecule has 0 saturated carbocycles. The maximum absolute atomic E-state index is 13.3. The fourth-order valence-corrected chi connectivity index (χ4v) is 4.89. The summed E-state index contributed by atoms with van der Waals surface area (Å²) < 4.78 is 6.85. The number of methoxy groups -OCH3 is 1. The number of hydrogen-bond acceptors (Lipinski definition) is 7. The van der Waals surface area contributed by atoms with Crippen molar-refractivity contribution in [2.45, 2.75) is 19.8 Å². The summed E-state index contributed by atoms with van der Waals surface area (Å²) in [5.41, 5.74) is 1.31. The SMILES string of the molecule is CCCc1cc(=O)n2c(C(=O)Nc3ccc(I)cc3)c(C(=O)Nc3ccc(C(=O)OC)cc3)sc2n1. The van der Waals surface area contributed by atoms with Gasteiger partial charge in [0.05, 0.1) is 12.7 Å². The van der Waals surface area contributed by atoms with Crippen molar-refractivity contribution < 1.29 is 19.1 Å². The van der Waals surface area contributed by atoms with Gasteiger partial charge < -0.3 is 15.4 Å². The Labute approximate surface area is 223 Å². The van der Waals surface area contributed by atoms with E-state index in [9.17, 15) is 19.2 Å². The molecule has 0 atom stereocenters. The molecule has 0 unspecified atom stereocenters. The van der Waals surface area contributed by atoms with Crippen LogP contribution in [0.5, 0.6) is 0 Å². The minimum atomic E-state index is -0.610. The van der Waals surface area contributed by atoms with Crippen LogP contribution in [0.2, 0.25) is 0 Å². The first-order valence-corrected chi connectivity index (χ1v) is 12.8. The Bertz CT molecular complexity index is 1510. The Hall–Kier alpha value is -3.58. The number of esters is 1. The second-order valence-electron chi connectivity index (χ2n) is 7.72. The zero-order valence-corrected chi connectivity index (χ0v) is 22.3. The summed E-state index contributed by atoms with van der Waals surface area (Å²) in [5.74, 6) is -1.69. The number of aromatic nitrogens is 2. The Morgan fingerprint density at radius 3 is 2.22 bits per heavy atom. The number of ether oxygens (including phenoxy) is 1. The van der Waals surface area contributed by atoms with Crippen LogP contribution in [0.4, 0.5) is 11.4 Å². The molecule has 11 heteroatoms. The summed E-state index contributed by atoms with van der Waals surface area (Å²) in [6.07, 6.45) is 1.39.